The van der Waals surface area contributed by atoms with Crippen molar-refractivity contribution in [2.24, 2.45) is 0 Å². The van der Waals surface area contributed by atoms with Crippen LogP contribution in [0.15, 0.2) is 36.7 Å². The number of nitriles is 1. The summed E-state index contributed by atoms with van der Waals surface area (Å²) in [5.41, 5.74) is 2.06. The molecule has 27 heavy (non-hydrogen) atoms. The van der Waals surface area contributed by atoms with Crippen LogP contribution in [-0.4, -0.2) is 16.6 Å². The third-order valence-corrected chi connectivity index (χ3v) is 4.68. The highest BCUT2D eigenvalue weighted by molar-refractivity contribution is 5.59. The highest BCUT2D eigenvalue weighted by Crippen LogP contribution is 2.20. The van der Waals surface area contributed by atoms with Crippen molar-refractivity contribution >= 4 is 0 Å². The summed E-state index contributed by atoms with van der Waals surface area (Å²) in [5.74, 6) is 0.885. The lowest BCUT2D eigenvalue weighted by atomic mass is 10.1. The molecule has 1 aromatic carbocycles. The lowest BCUT2D eigenvalue weighted by Crippen LogP contribution is -1.97. The smallest absolute Gasteiger partial charge is 0.158 e. The SMILES string of the molecule is CCCCCCCCCCCCOc1ccc(-c2cnc(C#N)cn2)cc1. The Morgan fingerprint density at radius 1 is 0.815 bits per heavy atom. The van der Waals surface area contributed by atoms with Crippen molar-refractivity contribution in [1.29, 1.82) is 5.26 Å². The molecule has 0 aliphatic carbocycles. The van der Waals surface area contributed by atoms with Crippen molar-refractivity contribution in [2.45, 2.75) is 71.1 Å². The van der Waals surface area contributed by atoms with Crippen LogP contribution in [0.5, 0.6) is 5.75 Å². The minimum Gasteiger partial charge on any atom is -0.494 e. The van der Waals surface area contributed by atoms with E-state index in [1.165, 1.54) is 64.0 Å². The van der Waals surface area contributed by atoms with Crippen LogP contribution >= 0.6 is 0 Å². The summed E-state index contributed by atoms with van der Waals surface area (Å²) in [6.07, 6.45) is 16.4. The van der Waals surface area contributed by atoms with E-state index in [-0.39, 0.29) is 0 Å². The van der Waals surface area contributed by atoms with E-state index < -0.39 is 0 Å². The van der Waals surface area contributed by atoms with Crippen LogP contribution in [-0.2, 0) is 0 Å². The number of ether oxygens (including phenoxy) is 1. The summed E-state index contributed by atoms with van der Waals surface area (Å²) >= 11 is 0. The quantitative estimate of drug-likeness (QED) is 0.390. The van der Waals surface area contributed by atoms with E-state index in [2.05, 4.69) is 16.9 Å². The molecule has 4 nitrogen and oxygen atoms in total. The van der Waals surface area contributed by atoms with Gasteiger partial charge in [0.1, 0.15) is 11.8 Å². The molecule has 4 heteroatoms. The number of benzene rings is 1. The van der Waals surface area contributed by atoms with Crippen LogP contribution in [0.1, 0.15) is 76.8 Å². The zero-order valence-corrected chi connectivity index (χ0v) is 16.5. The molecular formula is C23H31N3O. The number of nitrogens with zero attached hydrogens (tertiary/aromatic N) is 3. The van der Waals surface area contributed by atoms with Gasteiger partial charge >= 0.3 is 0 Å². The van der Waals surface area contributed by atoms with Gasteiger partial charge in [0.25, 0.3) is 0 Å². The zero-order chi connectivity index (χ0) is 19.2. The van der Waals surface area contributed by atoms with Gasteiger partial charge in [-0.05, 0) is 30.7 Å². The van der Waals surface area contributed by atoms with Gasteiger partial charge in [0.2, 0.25) is 0 Å². The molecule has 0 spiro atoms. The minimum absolute atomic E-state index is 0.329. The lowest BCUT2D eigenvalue weighted by Gasteiger charge is -2.07. The molecule has 0 radical (unpaired) electrons. The summed E-state index contributed by atoms with van der Waals surface area (Å²) in [6, 6.07) is 9.86. The first-order chi connectivity index (χ1) is 13.3. The first-order valence-electron chi connectivity index (χ1n) is 10.3. The Bertz CT molecular complexity index is 674. The Kier molecular flexibility index (Phi) is 9.96. The van der Waals surface area contributed by atoms with Crippen molar-refractivity contribution in [1.82, 2.24) is 9.97 Å². The van der Waals surface area contributed by atoms with Crippen LogP contribution in [0.3, 0.4) is 0 Å². The van der Waals surface area contributed by atoms with Gasteiger partial charge in [-0.15, -0.1) is 0 Å². The van der Waals surface area contributed by atoms with Gasteiger partial charge in [0, 0.05) is 5.56 Å². The first kappa shape index (κ1) is 20.9. The molecule has 0 atom stereocenters. The molecule has 0 fully saturated rings. The number of hydrogen-bond donors (Lipinski definition) is 0. The normalized spacial score (nSPS) is 10.5. The van der Waals surface area contributed by atoms with Crippen LogP contribution in [0.2, 0.25) is 0 Å². The maximum atomic E-state index is 8.77. The second-order valence-corrected chi connectivity index (χ2v) is 6.95. The fourth-order valence-electron chi connectivity index (χ4n) is 3.04. The summed E-state index contributed by atoms with van der Waals surface area (Å²) in [5, 5.41) is 8.77. The van der Waals surface area contributed by atoms with Gasteiger partial charge in [0.05, 0.1) is 24.7 Å². The average Bonchev–Trinajstić information content (AvgIpc) is 2.72. The number of unbranched alkanes of at least 4 members (excludes halogenated alkanes) is 9. The highest BCUT2D eigenvalue weighted by atomic mass is 16.5. The summed E-state index contributed by atoms with van der Waals surface area (Å²) in [7, 11) is 0. The minimum atomic E-state index is 0.329. The molecule has 0 aliphatic heterocycles. The van der Waals surface area contributed by atoms with Gasteiger partial charge in [-0.3, -0.25) is 4.98 Å². The maximum absolute atomic E-state index is 8.77. The molecular weight excluding hydrogens is 334 g/mol. The Morgan fingerprint density at radius 3 is 2.00 bits per heavy atom. The molecule has 0 saturated heterocycles. The van der Waals surface area contributed by atoms with E-state index in [1.54, 1.807) is 6.20 Å². The third-order valence-electron chi connectivity index (χ3n) is 4.68. The molecule has 144 valence electrons. The standard InChI is InChI=1S/C23H31N3O/c1-2-3-4-5-6-7-8-9-10-11-16-27-22-14-12-20(13-15-22)23-19-25-21(17-24)18-26-23/h12-15,18-19H,2-11,16H2,1H3. The Labute approximate surface area is 163 Å². The van der Waals surface area contributed by atoms with E-state index in [1.807, 2.05) is 30.3 Å². The molecule has 2 rings (SSSR count). The number of hydrogen-bond acceptors (Lipinski definition) is 4. The monoisotopic (exact) mass is 365 g/mol. The van der Waals surface area contributed by atoms with Crippen LogP contribution < -0.4 is 4.74 Å². The van der Waals surface area contributed by atoms with Gasteiger partial charge < -0.3 is 4.74 Å². The second kappa shape index (κ2) is 12.9. The molecule has 0 unspecified atom stereocenters. The molecule has 2 aromatic rings. The van der Waals surface area contributed by atoms with Crippen LogP contribution in [0.4, 0.5) is 0 Å². The van der Waals surface area contributed by atoms with Gasteiger partial charge in [-0.25, -0.2) is 4.98 Å². The highest BCUT2D eigenvalue weighted by Gasteiger charge is 2.02. The molecule has 0 bridgehead atoms. The largest absolute Gasteiger partial charge is 0.494 e. The first-order valence-corrected chi connectivity index (χ1v) is 10.3. The molecule has 0 aliphatic rings. The molecule has 0 saturated carbocycles. The lowest BCUT2D eigenvalue weighted by molar-refractivity contribution is 0.304. The summed E-state index contributed by atoms with van der Waals surface area (Å²) in [4.78, 5) is 8.31. The molecule has 1 heterocycles. The topological polar surface area (TPSA) is 58.8 Å². The van der Waals surface area contributed by atoms with Crippen LogP contribution in [0, 0.1) is 11.3 Å². The van der Waals surface area contributed by atoms with Crippen molar-refractivity contribution in [3.05, 3.63) is 42.4 Å². The Balaban J connectivity index is 1.57. The van der Waals surface area contributed by atoms with Crippen molar-refractivity contribution in [3.63, 3.8) is 0 Å². The fourth-order valence-corrected chi connectivity index (χ4v) is 3.04. The predicted octanol–water partition coefficient (Wildman–Crippen LogP) is 6.31. The summed E-state index contributed by atoms with van der Waals surface area (Å²) < 4.78 is 5.83. The number of aromatic nitrogens is 2. The van der Waals surface area contributed by atoms with Gasteiger partial charge in [-0.2, -0.15) is 5.26 Å². The van der Waals surface area contributed by atoms with Gasteiger partial charge in [0.15, 0.2) is 5.69 Å². The van der Waals surface area contributed by atoms with E-state index in [4.69, 9.17) is 10.00 Å². The zero-order valence-electron chi connectivity index (χ0n) is 16.5. The summed E-state index contributed by atoms with van der Waals surface area (Å²) in [6.45, 7) is 3.03. The van der Waals surface area contributed by atoms with Crippen molar-refractivity contribution < 1.29 is 4.74 Å². The van der Waals surface area contributed by atoms with E-state index in [0.29, 0.717) is 5.69 Å². The molecule has 0 amide bonds. The van der Waals surface area contributed by atoms with Crippen molar-refractivity contribution in [2.75, 3.05) is 6.61 Å². The van der Waals surface area contributed by atoms with E-state index in [0.717, 1.165) is 30.0 Å². The fraction of sp³-hybridized carbons (Fsp3) is 0.522. The Hall–Kier alpha value is -2.41. The average molecular weight is 366 g/mol. The van der Waals surface area contributed by atoms with E-state index >= 15 is 0 Å². The van der Waals surface area contributed by atoms with Crippen molar-refractivity contribution in [3.8, 4) is 23.1 Å². The van der Waals surface area contributed by atoms with Gasteiger partial charge in [-0.1, -0.05) is 64.7 Å². The molecule has 0 N–H and O–H groups in total. The number of rotatable bonds is 13. The Morgan fingerprint density at radius 2 is 1.44 bits per heavy atom. The van der Waals surface area contributed by atoms with Crippen LogP contribution in [0.25, 0.3) is 11.3 Å². The molecule has 1 aromatic heterocycles. The maximum Gasteiger partial charge on any atom is 0.158 e. The predicted molar refractivity (Wildman–Crippen MR) is 110 cm³/mol. The third kappa shape index (κ3) is 8.21. The van der Waals surface area contributed by atoms with E-state index in [9.17, 15) is 0 Å². The second-order valence-electron chi connectivity index (χ2n) is 6.95.